The van der Waals surface area contributed by atoms with Crippen LogP contribution in [0, 0.1) is 20.2 Å². The number of benzene rings is 1. The Balaban J connectivity index is 2.40. The summed E-state index contributed by atoms with van der Waals surface area (Å²) in [6.45, 7) is 0. The number of non-ortho nitro benzene ring substituents is 1. The average Bonchev–Trinajstić information content (AvgIpc) is 2.81. The molecule has 1 aromatic heterocycles. The molecule has 9 nitrogen and oxygen atoms in total. The van der Waals surface area contributed by atoms with Gasteiger partial charge in [-0.1, -0.05) is 0 Å². The molecular weight excluding hydrogens is 262 g/mol. The van der Waals surface area contributed by atoms with Crippen LogP contribution >= 0.6 is 11.8 Å². The van der Waals surface area contributed by atoms with Crippen LogP contribution in [0.5, 0.6) is 0 Å². The number of nitro benzene ring substituents is 2. The van der Waals surface area contributed by atoms with Gasteiger partial charge in [0.25, 0.3) is 11.4 Å². The second-order valence-electron chi connectivity index (χ2n) is 3.06. The summed E-state index contributed by atoms with van der Waals surface area (Å²) in [6, 6.07) is 3.42. The monoisotopic (exact) mass is 267 g/mol. The Morgan fingerprint density at radius 1 is 1.22 bits per heavy atom. The molecule has 0 radical (unpaired) electrons. The van der Waals surface area contributed by atoms with E-state index in [1.807, 2.05) is 0 Å². The first-order valence-corrected chi connectivity index (χ1v) is 5.35. The molecule has 0 saturated carbocycles. The normalized spacial score (nSPS) is 10.2. The second-order valence-corrected chi connectivity index (χ2v) is 4.09. The van der Waals surface area contributed by atoms with Gasteiger partial charge in [0.15, 0.2) is 5.16 Å². The maximum absolute atomic E-state index is 10.8. The minimum Gasteiger partial charge on any atom is -0.258 e. The van der Waals surface area contributed by atoms with E-state index in [2.05, 4.69) is 15.2 Å². The summed E-state index contributed by atoms with van der Waals surface area (Å²) in [5.74, 6) is 0. The van der Waals surface area contributed by atoms with Crippen LogP contribution in [-0.4, -0.2) is 25.0 Å². The summed E-state index contributed by atoms with van der Waals surface area (Å²) in [6.07, 6.45) is 1.26. The third-order valence-corrected chi connectivity index (χ3v) is 2.90. The minimum absolute atomic E-state index is 0.252. The maximum atomic E-state index is 10.8. The van der Waals surface area contributed by atoms with Crippen LogP contribution in [0.25, 0.3) is 0 Å². The van der Waals surface area contributed by atoms with Crippen molar-refractivity contribution in [1.29, 1.82) is 0 Å². The van der Waals surface area contributed by atoms with Crippen molar-refractivity contribution in [3.63, 3.8) is 0 Å². The molecular formula is C8H5N5O4S. The highest BCUT2D eigenvalue weighted by Crippen LogP contribution is 2.35. The summed E-state index contributed by atoms with van der Waals surface area (Å²) in [5, 5.41) is 27.9. The molecule has 92 valence electrons. The summed E-state index contributed by atoms with van der Waals surface area (Å²) in [7, 11) is 0. The fourth-order valence-electron chi connectivity index (χ4n) is 1.20. The van der Waals surface area contributed by atoms with Crippen molar-refractivity contribution in [3.05, 3.63) is 44.8 Å². The van der Waals surface area contributed by atoms with E-state index in [1.54, 1.807) is 0 Å². The highest BCUT2D eigenvalue weighted by molar-refractivity contribution is 7.99. The summed E-state index contributed by atoms with van der Waals surface area (Å²) in [4.78, 5) is 24.1. The van der Waals surface area contributed by atoms with Crippen LogP contribution < -0.4 is 0 Å². The number of nitrogens with one attached hydrogen (secondary N) is 1. The molecule has 0 fully saturated rings. The van der Waals surface area contributed by atoms with Crippen LogP contribution in [0.15, 0.2) is 34.6 Å². The maximum Gasteiger partial charge on any atom is 0.290 e. The van der Waals surface area contributed by atoms with Crippen LogP contribution in [0.4, 0.5) is 11.4 Å². The molecule has 0 saturated heterocycles. The van der Waals surface area contributed by atoms with E-state index in [0.717, 1.165) is 17.8 Å². The highest BCUT2D eigenvalue weighted by Gasteiger charge is 2.20. The number of H-pyrrole nitrogens is 1. The van der Waals surface area contributed by atoms with E-state index < -0.39 is 9.85 Å². The van der Waals surface area contributed by atoms with E-state index in [9.17, 15) is 20.2 Å². The predicted molar refractivity (Wildman–Crippen MR) is 60.3 cm³/mol. The number of aromatic nitrogens is 3. The van der Waals surface area contributed by atoms with Crippen LogP contribution in [0.3, 0.4) is 0 Å². The van der Waals surface area contributed by atoms with E-state index in [0.29, 0.717) is 5.16 Å². The third-order valence-electron chi connectivity index (χ3n) is 1.95. The first-order valence-electron chi connectivity index (χ1n) is 4.54. The number of aromatic amines is 1. The lowest BCUT2D eigenvalue weighted by Crippen LogP contribution is -1.94. The zero-order valence-corrected chi connectivity index (χ0v) is 9.46. The van der Waals surface area contributed by atoms with Gasteiger partial charge in [-0.25, -0.2) is 4.98 Å². The van der Waals surface area contributed by atoms with Gasteiger partial charge in [-0.05, 0) is 17.8 Å². The zero-order chi connectivity index (χ0) is 13.1. The number of rotatable bonds is 4. The Kier molecular flexibility index (Phi) is 3.19. The van der Waals surface area contributed by atoms with Gasteiger partial charge >= 0.3 is 0 Å². The van der Waals surface area contributed by atoms with Crippen molar-refractivity contribution >= 4 is 23.1 Å². The SMILES string of the molecule is O=[N+]([O-])c1ccc(Sc2ncn[nH]2)c([N+](=O)[O-])c1. The zero-order valence-electron chi connectivity index (χ0n) is 8.64. The Hall–Kier alpha value is -2.49. The number of nitrogens with zero attached hydrogens (tertiary/aromatic N) is 4. The first kappa shape index (κ1) is 12.0. The molecule has 0 aliphatic rings. The van der Waals surface area contributed by atoms with Gasteiger partial charge in [0.05, 0.1) is 20.8 Å². The van der Waals surface area contributed by atoms with Gasteiger partial charge in [0, 0.05) is 6.07 Å². The van der Waals surface area contributed by atoms with E-state index in [1.165, 1.54) is 18.5 Å². The van der Waals surface area contributed by atoms with E-state index >= 15 is 0 Å². The topological polar surface area (TPSA) is 128 Å². The third kappa shape index (κ3) is 2.43. The van der Waals surface area contributed by atoms with Gasteiger partial charge in [0.2, 0.25) is 0 Å². The van der Waals surface area contributed by atoms with Crippen molar-refractivity contribution in [2.24, 2.45) is 0 Å². The quantitative estimate of drug-likeness (QED) is 0.660. The second kappa shape index (κ2) is 4.79. The van der Waals surface area contributed by atoms with Gasteiger partial charge in [-0.2, -0.15) is 5.10 Å². The van der Waals surface area contributed by atoms with Crippen molar-refractivity contribution in [1.82, 2.24) is 15.2 Å². The molecule has 10 heteroatoms. The van der Waals surface area contributed by atoms with Gasteiger partial charge in [-0.15, -0.1) is 0 Å². The van der Waals surface area contributed by atoms with Crippen LogP contribution in [0.2, 0.25) is 0 Å². The largest absolute Gasteiger partial charge is 0.290 e. The molecule has 1 heterocycles. The molecule has 0 amide bonds. The molecule has 2 aromatic rings. The van der Waals surface area contributed by atoms with Crippen molar-refractivity contribution in [2.45, 2.75) is 10.1 Å². The lowest BCUT2D eigenvalue weighted by molar-refractivity contribution is -0.396. The molecule has 0 aliphatic carbocycles. The fourth-order valence-corrected chi connectivity index (χ4v) is 1.98. The Bertz CT molecular complexity index is 600. The molecule has 18 heavy (non-hydrogen) atoms. The number of hydrogen-bond acceptors (Lipinski definition) is 7. The van der Waals surface area contributed by atoms with Crippen molar-refractivity contribution < 1.29 is 9.85 Å². The molecule has 2 rings (SSSR count). The Morgan fingerprint density at radius 3 is 2.56 bits per heavy atom. The Morgan fingerprint density at radius 2 is 2.00 bits per heavy atom. The first-order chi connectivity index (χ1) is 8.58. The standard InChI is InChI=1S/C8H5N5O4S/c14-12(15)5-1-2-7(6(3-5)13(16)17)18-8-9-4-10-11-8/h1-4H,(H,9,10,11). The van der Waals surface area contributed by atoms with E-state index in [-0.39, 0.29) is 16.3 Å². The molecule has 1 N–H and O–H groups in total. The van der Waals surface area contributed by atoms with Gasteiger partial charge in [-0.3, -0.25) is 25.3 Å². The Labute approximate surface area is 104 Å². The molecule has 0 aliphatic heterocycles. The molecule has 0 bridgehead atoms. The summed E-state index contributed by atoms with van der Waals surface area (Å²) < 4.78 is 0. The van der Waals surface area contributed by atoms with Gasteiger partial charge in [0.1, 0.15) is 6.33 Å². The summed E-state index contributed by atoms with van der Waals surface area (Å²) >= 11 is 0.976. The number of nitro groups is 2. The summed E-state index contributed by atoms with van der Waals surface area (Å²) in [5.41, 5.74) is -0.672. The molecule has 0 atom stereocenters. The minimum atomic E-state index is -0.685. The lowest BCUT2D eigenvalue weighted by Gasteiger charge is -1.99. The smallest absolute Gasteiger partial charge is 0.258 e. The number of hydrogen-bond donors (Lipinski definition) is 1. The lowest BCUT2D eigenvalue weighted by atomic mass is 10.3. The van der Waals surface area contributed by atoms with Crippen LogP contribution in [0.1, 0.15) is 0 Å². The highest BCUT2D eigenvalue weighted by atomic mass is 32.2. The fraction of sp³-hybridized carbons (Fsp3) is 0. The molecule has 1 aromatic carbocycles. The molecule has 0 spiro atoms. The van der Waals surface area contributed by atoms with Crippen LogP contribution in [-0.2, 0) is 0 Å². The van der Waals surface area contributed by atoms with E-state index in [4.69, 9.17) is 0 Å². The van der Waals surface area contributed by atoms with Crippen molar-refractivity contribution in [2.75, 3.05) is 0 Å². The molecule has 0 unspecified atom stereocenters. The predicted octanol–water partition coefficient (Wildman–Crippen LogP) is 1.77. The van der Waals surface area contributed by atoms with Crippen molar-refractivity contribution in [3.8, 4) is 0 Å². The average molecular weight is 267 g/mol. The van der Waals surface area contributed by atoms with Gasteiger partial charge < -0.3 is 0 Å².